The van der Waals surface area contributed by atoms with Crippen molar-refractivity contribution in [1.29, 1.82) is 0 Å². The molecule has 3 N–H and O–H groups in total. The minimum absolute atomic E-state index is 0.0200. The molecule has 0 fully saturated rings. The molecule has 0 spiro atoms. The van der Waals surface area contributed by atoms with Gasteiger partial charge in [0.1, 0.15) is 0 Å². The molecule has 1 atom stereocenters. The number of sulfonamides is 1. The molecule has 10 heteroatoms. The van der Waals surface area contributed by atoms with Crippen LogP contribution in [-0.4, -0.2) is 31.0 Å². The van der Waals surface area contributed by atoms with E-state index < -0.39 is 14.9 Å². The molecule has 3 rings (SSSR count). The maximum absolute atomic E-state index is 11.7. The number of hydrogen-bond acceptors (Lipinski definition) is 6. The Morgan fingerprint density at radius 2 is 2.13 bits per heavy atom. The van der Waals surface area contributed by atoms with Gasteiger partial charge in [0.25, 0.3) is 15.7 Å². The van der Waals surface area contributed by atoms with Crippen molar-refractivity contribution in [3.8, 4) is 0 Å². The van der Waals surface area contributed by atoms with E-state index >= 15 is 0 Å². The molecule has 1 aliphatic heterocycles. The van der Waals surface area contributed by atoms with E-state index in [1.165, 1.54) is 29.2 Å². The molecule has 1 aliphatic rings. The third kappa shape index (κ3) is 2.51. The fourth-order valence-electron chi connectivity index (χ4n) is 2.83. The van der Waals surface area contributed by atoms with Gasteiger partial charge in [-0.05, 0) is 23.1 Å². The molecule has 0 amide bonds. The van der Waals surface area contributed by atoms with Crippen LogP contribution >= 0.6 is 11.6 Å². The first-order valence-electron chi connectivity index (χ1n) is 6.60. The van der Waals surface area contributed by atoms with Gasteiger partial charge in [-0.15, -0.1) is 11.6 Å². The normalized spacial score (nSPS) is 17.0. The second-order valence-electron chi connectivity index (χ2n) is 5.15. The number of benzene rings is 2. The highest BCUT2D eigenvalue weighted by atomic mass is 35.5. The molecule has 0 radical (unpaired) electrons. The molecule has 23 heavy (non-hydrogen) atoms. The number of rotatable bonds is 4. The molecular weight excluding hydrogens is 346 g/mol. The molecule has 2 aromatic carbocycles. The third-order valence-corrected chi connectivity index (χ3v) is 5.38. The number of nitro benzene ring substituents is 1. The number of halogens is 1. The smallest absolute Gasteiger partial charge is 0.279 e. The van der Waals surface area contributed by atoms with E-state index in [0.29, 0.717) is 23.5 Å². The Balaban J connectivity index is 2.37. The molecular formula is C13H12ClN3O5S. The monoisotopic (exact) mass is 357 g/mol. The Hall–Kier alpha value is -1.94. The lowest BCUT2D eigenvalue weighted by molar-refractivity contribution is -0.383. The summed E-state index contributed by atoms with van der Waals surface area (Å²) in [7, 11) is -4.12. The predicted molar refractivity (Wildman–Crippen MR) is 84.7 cm³/mol. The molecule has 0 aromatic heterocycles. The van der Waals surface area contributed by atoms with Gasteiger partial charge in [-0.25, -0.2) is 8.42 Å². The van der Waals surface area contributed by atoms with Crippen LogP contribution in [0.15, 0.2) is 29.2 Å². The molecule has 1 heterocycles. The van der Waals surface area contributed by atoms with Crippen molar-refractivity contribution >= 4 is 43.8 Å². The summed E-state index contributed by atoms with van der Waals surface area (Å²) in [4.78, 5) is 11.7. The minimum atomic E-state index is -4.12. The minimum Gasteiger partial charge on any atom is -0.384 e. The van der Waals surface area contributed by atoms with Crippen LogP contribution < -0.4 is 10.2 Å². The van der Waals surface area contributed by atoms with Crippen LogP contribution in [0.1, 0.15) is 11.5 Å². The van der Waals surface area contributed by atoms with Crippen LogP contribution in [0.4, 0.5) is 11.4 Å². The third-order valence-electron chi connectivity index (χ3n) is 3.89. The summed E-state index contributed by atoms with van der Waals surface area (Å²) in [6, 6.07) is 5.34. The fraction of sp³-hybridized carbons (Fsp3) is 0.231. The van der Waals surface area contributed by atoms with E-state index in [4.69, 9.17) is 16.8 Å². The molecule has 2 aromatic rings. The largest absolute Gasteiger partial charge is 0.384 e. The fourth-order valence-corrected chi connectivity index (χ4v) is 3.72. The molecule has 8 nitrogen and oxygen atoms in total. The predicted octanol–water partition coefficient (Wildman–Crippen LogP) is 2.16. The zero-order valence-electron chi connectivity index (χ0n) is 11.6. The topological polar surface area (TPSA) is 122 Å². The molecule has 0 saturated carbocycles. The van der Waals surface area contributed by atoms with Gasteiger partial charge in [0, 0.05) is 30.1 Å². The lowest BCUT2D eigenvalue weighted by Gasteiger charge is -2.11. The van der Waals surface area contributed by atoms with Crippen molar-refractivity contribution in [2.45, 2.75) is 10.8 Å². The van der Waals surface area contributed by atoms with Gasteiger partial charge in [-0.2, -0.15) is 0 Å². The average molecular weight is 358 g/mol. The summed E-state index contributed by atoms with van der Waals surface area (Å²) in [6.07, 6.45) is 0. The van der Waals surface area contributed by atoms with Crippen molar-refractivity contribution in [3.63, 3.8) is 0 Å². The number of nitrogens with one attached hydrogen (secondary N) is 2. The summed E-state index contributed by atoms with van der Waals surface area (Å²) in [5.41, 5.74) is 1.25. The Labute approximate surface area is 136 Å². The SMILES string of the molecule is O=[N+]([O-])c1cc2c(c3ccc(S(=O)(=O)NO)cc13)C(CCl)CN2. The maximum Gasteiger partial charge on any atom is 0.279 e. The quantitative estimate of drug-likeness (QED) is 0.438. The molecule has 122 valence electrons. The summed E-state index contributed by atoms with van der Waals surface area (Å²) in [6.45, 7) is 0.563. The second kappa shape index (κ2) is 5.60. The molecule has 0 aliphatic carbocycles. The number of nitro groups is 1. The number of fused-ring (bicyclic) bond motifs is 3. The Kier molecular flexibility index (Phi) is 3.88. The van der Waals surface area contributed by atoms with Crippen LogP contribution in [0.3, 0.4) is 0 Å². The van der Waals surface area contributed by atoms with Crippen molar-refractivity contribution in [3.05, 3.63) is 39.9 Å². The van der Waals surface area contributed by atoms with E-state index in [1.807, 2.05) is 0 Å². The highest BCUT2D eigenvalue weighted by molar-refractivity contribution is 7.89. The Bertz CT molecular complexity index is 915. The molecule has 0 saturated heterocycles. The summed E-state index contributed by atoms with van der Waals surface area (Å²) >= 11 is 5.95. The van der Waals surface area contributed by atoms with E-state index in [0.717, 1.165) is 5.56 Å². The summed E-state index contributed by atoms with van der Waals surface area (Å²) in [5, 5.41) is 23.9. The van der Waals surface area contributed by atoms with Crippen LogP contribution in [0, 0.1) is 10.1 Å². The van der Waals surface area contributed by atoms with Gasteiger partial charge in [0.05, 0.1) is 15.2 Å². The number of nitrogens with zero attached hydrogens (tertiary/aromatic N) is 1. The summed E-state index contributed by atoms with van der Waals surface area (Å²) in [5.74, 6) is 0.318. The Morgan fingerprint density at radius 3 is 2.74 bits per heavy atom. The van der Waals surface area contributed by atoms with E-state index in [2.05, 4.69) is 5.32 Å². The highest BCUT2D eigenvalue weighted by Crippen LogP contribution is 2.42. The van der Waals surface area contributed by atoms with Gasteiger partial charge in [-0.1, -0.05) is 11.0 Å². The van der Waals surface area contributed by atoms with Crippen molar-refractivity contribution < 1.29 is 18.5 Å². The first-order valence-corrected chi connectivity index (χ1v) is 8.61. The van der Waals surface area contributed by atoms with Crippen LogP contribution in [0.25, 0.3) is 10.8 Å². The van der Waals surface area contributed by atoms with Crippen molar-refractivity contribution in [2.75, 3.05) is 17.7 Å². The van der Waals surface area contributed by atoms with Gasteiger partial charge < -0.3 is 10.5 Å². The van der Waals surface area contributed by atoms with E-state index in [-0.39, 0.29) is 21.9 Å². The van der Waals surface area contributed by atoms with E-state index in [1.54, 1.807) is 0 Å². The number of alkyl halides is 1. The lowest BCUT2D eigenvalue weighted by Crippen LogP contribution is -2.19. The second-order valence-corrected chi connectivity index (χ2v) is 7.12. The van der Waals surface area contributed by atoms with Crippen LogP contribution in [-0.2, 0) is 10.0 Å². The Morgan fingerprint density at radius 1 is 1.39 bits per heavy atom. The highest BCUT2D eigenvalue weighted by Gasteiger charge is 2.29. The van der Waals surface area contributed by atoms with Gasteiger partial charge in [0.2, 0.25) is 0 Å². The summed E-state index contributed by atoms with van der Waals surface area (Å²) < 4.78 is 23.4. The first-order chi connectivity index (χ1) is 10.9. The van der Waals surface area contributed by atoms with E-state index in [9.17, 15) is 18.5 Å². The average Bonchev–Trinajstić information content (AvgIpc) is 2.96. The van der Waals surface area contributed by atoms with Crippen LogP contribution in [0.2, 0.25) is 0 Å². The zero-order valence-corrected chi connectivity index (χ0v) is 13.2. The van der Waals surface area contributed by atoms with Crippen LogP contribution in [0.5, 0.6) is 0 Å². The van der Waals surface area contributed by atoms with Crippen molar-refractivity contribution in [1.82, 2.24) is 4.89 Å². The molecule has 0 bridgehead atoms. The lowest BCUT2D eigenvalue weighted by atomic mass is 9.95. The number of non-ortho nitro benzene ring substituents is 1. The number of anilines is 1. The standard InChI is InChI=1S/C13H12ClN3O5S/c14-5-7-6-15-11-4-12(17(19)20)10-3-8(23(21,22)16-18)1-2-9(10)13(7)11/h1-4,7,15-16,18H,5-6H2. The van der Waals surface area contributed by atoms with Gasteiger partial charge >= 0.3 is 0 Å². The van der Waals surface area contributed by atoms with Gasteiger partial charge in [-0.3, -0.25) is 10.1 Å². The zero-order chi connectivity index (χ0) is 16.8. The number of hydrogen-bond donors (Lipinski definition) is 3. The molecule has 1 unspecified atom stereocenters. The van der Waals surface area contributed by atoms with Crippen molar-refractivity contribution in [2.24, 2.45) is 0 Å². The van der Waals surface area contributed by atoms with Gasteiger partial charge in [0.15, 0.2) is 0 Å². The maximum atomic E-state index is 11.7. The first kappa shape index (κ1) is 15.9.